The number of benzene rings is 2. The molecule has 0 saturated carbocycles. The van der Waals surface area contributed by atoms with Crippen molar-refractivity contribution in [1.29, 1.82) is 0 Å². The summed E-state index contributed by atoms with van der Waals surface area (Å²) in [6.07, 6.45) is 4.13. The number of amides is 7. The maximum absolute atomic E-state index is 14.8. The number of hydrogen-bond donors (Lipinski definition) is 2. The topological polar surface area (TPSA) is 205 Å². The lowest BCUT2D eigenvalue weighted by molar-refractivity contribution is -0.149. The van der Waals surface area contributed by atoms with E-state index in [-0.39, 0.29) is 84.3 Å². The van der Waals surface area contributed by atoms with Gasteiger partial charge in [0.25, 0.3) is 0 Å². The van der Waals surface area contributed by atoms with Gasteiger partial charge >= 0.3 is 5.97 Å². The van der Waals surface area contributed by atoms with E-state index in [2.05, 4.69) is 10.6 Å². The summed E-state index contributed by atoms with van der Waals surface area (Å²) in [4.78, 5) is 117. The molecule has 7 amide bonds. The van der Waals surface area contributed by atoms with E-state index in [0.717, 1.165) is 23.2 Å². The average Bonchev–Trinajstić information content (AvgIpc) is 4.05. The minimum atomic E-state index is -0.919. The van der Waals surface area contributed by atoms with Crippen LogP contribution in [0.2, 0.25) is 0 Å². The van der Waals surface area contributed by atoms with Crippen molar-refractivity contribution in [2.45, 2.75) is 175 Å². The average molecular weight is 1120 g/mol. The molecule has 2 aliphatic heterocycles. The van der Waals surface area contributed by atoms with E-state index in [4.69, 9.17) is 14.2 Å². The third-order valence-corrected chi connectivity index (χ3v) is 16.8. The molecule has 2 aromatic carbocycles. The Balaban J connectivity index is 1.36. The number of rotatable bonds is 32. The first-order valence-corrected chi connectivity index (χ1v) is 29.2. The van der Waals surface area contributed by atoms with Gasteiger partial charge in [0.1, 0.15) is 12.1 Å². The van der Waals surface area contributed by atoms with Gasteiger partial charge in [0.2, 0.25) is 41.4 Å². The van der Waals surface area contributed by atoms with E-state index < -0.39 is 60.2 Å². The van der Waals surface area contributed by atoms with E-state index in [1.54, 1.807) is 42.8 Å². The van der Waals surface area contributed by atoms with Gasteiger partial charge in [-0.1, -0.05) is 118 Å². The monoisotopic (exact) mass is 1120 g/mol. The first-order valence-electron chi connectivity index (χ1n) is 29.2. The Kier molecular flexibility index (Phi) is 26.8. The maximum Gasteiger partial charge on any atom is 0.328 e. The number of likely N-dealkylation sites (tertiary alicyclic amines) is 2. The number of nitrogens with zero attached hydrogens (tertiary/aromatic N) is 5. The van der Waals surface area contributed by atoms with Gasteiger partial charge in [-0.3, -0.25) is 43.4 Å². The van der Waals surface area contributed by atoms with Crippen molar-refractivity contribution in [2.75, 3.05) is 67.0 Å². The van der Waals surface area contributed by atoms with Gasteiger partial charge in [-0.2, -0.15) is 0 Å². The molecule has 2 N–H and O–H groups in total. The van der Waals surface area contributed by atoms with E-state index >= 15 is 0 Å². The number of anilines is 1. The summed E-state index contributed by atoms with van der Waals surface area (Å²) in [5.41, 5.74) is 2.67. The van der Waals surface area contributed by atoms with Crippen LogP contribution in [0.5, 0.6) is 0 Å². The number of esters is 1. The van der Waals surface area contributed by atoms with Gasteiger partial charge < -0.3 is 39.5 Å². The minimum absolute atomic E-state index is 0.0167. The zero-order chi connectivity index (χ0) is 59.5. The van der Waals surface area contributed by atoms with Crippen LogP contribution in [-0.2, 0) is 65.4 Å². The number of unbranched alkanes of at least 4 members (excludes halogenated alkanes) is 2. The number of hydrogen-bond acceptors (Lipinski definition) is 12. The molecule has 0 bridgehead atoms. The summed E-state index contributed by atoms with van der Waals surface area (Å²) in [5, 5.41) is 6.01. The predicted octanol–water partition coefficient (Wildman–Crippen LogP) is 6.70. The number of ether oxygens (including phenoxy) is 3. The number of carbonyl (C=O) groups excluding carboxylic acids is 8. The van der Waals surface area contributed by atoms with Crippen molar-refractivity contribution in [1.82, 2.24) is 30.2 Å². The van der Waals surface area contributed by atoms with Crippen LogP contribution in [0, 0.1) is 35.5 Å². The van der Waals surface area contributed by atoms with Crippen molar-refractivity contribution in [3.8, 4) is 0 Å². The lowest BCUT2D eigenvalue weighted by atomic mass is 9.89. The number of methoxy groups -OCH3 is 3. The van der Waals surface area contributed by atoms with Crippen LogP contribution in [0.4, 0.5) is 5.69 Å². The highest BCUT2D eigenvalue weighted by molar-refractivity contribution is 6.03. The number of nitrogens with one attached hydrogen (secondary N) is 2. The van der Waals surface area contributed by atoms with Crippen molar-refractivity contribution in [3.63, 3.8) is 0 Å². The summed E-state index contributed by atoms with van der Waals surface area (Å²) >= 11 is 0. The zero-order valence-corrected chi connectivity index (χ0v) is 50.8. The fourth-order valence-corrected chi connectivity index (χ4v) is 11.6. The van der Waals surface area contributed by atoms with Gasteiger partial charge in [-0.05, 0) is 86.1 Å². The lowest BCUT2D eigenvalue weighted by Gasteiger charge is -2.41. The third kappa shape index (κ3) is 17.9. The Morgan fingerprint density at radius 2 is 1.44 bits per heavy atom. The Morgan fingerprint density at radius 3 is 2.00 bits per heavy atom. The first-order chi connectivity index (χ1) is 37.9. The fourth-order valence-electron chi connectivity index (χ4n) is 11.6. The molecule has 18 nitrogen and oxygen atoms in total. The quantitative estimate of drug-likeness (QED) is 0.0447. The van der Waals surface area contributed by atoms with Gasteiger partial charge in [0, 0.05) is 78.8 Å². The molecule has 80 heavy (non-hydrogen) atoms. The zero-order valence-electron chi connectivity index (χ0n) is 50.8. The molecule has 2 heterocycles. The Labute approximate surface area is 477 Å². The summed E-state index contributed by atoms with van der Waals surface area (Å²) in [5.74, 6) is -3.21. The van der Waals surface area contributed by atoms with Crippen LogP contribution in [0.25, 0.3) is 0 Å². The molecule has 0 radical (unpaired) electrons. The molecular formula is C62H97N7O11. The van der Waals surface area contributed by atoms with Gasteiger partial charge in [0.15, 0.2) is 0 Å². The molecule has 4 rings (SSSR count). The normalized spacial score (nSPS) is 18.7. The summed E-state index contributed by atoms with van der Waals surface area (Å²) in [6.45, 7) is 18.9. The van der Waals surface area contributed by atoms with Gasteiger partial charge in [-0.15, -0.1) is 0 Å². The lowest BCUT2D eigenvalue weighted by Crippen LogP contribution is -2.60. The highest BCUT2D eigenvalue weighted by atomic mass is 16.5. The van der Waals surface area contributed by atoms with Crippen LogP contribution in [0.3, 0.4) is 0 Å². The molecular weight excluding hydrogens is 1020 g/mol. The van der Waals surface area contributed by atoms with Crippen LogP contribution < -0.4 is 15.5 Å². The SMILES string of the molecule is CC[C@H](C)[C@@H]([C@@H](CC(=O)N1CCC[C@H]1[C@H](OC)[C@@H](C)C(=O)N[C@@H](Cc1ccccc1)C(=O)OC)OC)N(C)C(=O)[C@@H](NC(=O)[C@H](C(C)C)N(C)CCc1ccc(N(C)C(=O)CCCCCN2C(=O)CC(C(C)C)C2=O)cc1)C(C)C. The van der Waals surface area contributed by atoms with E-state index in [1.807, 2.05) is 122 Å². The number of likely N-dealkylation sites (N-methyl/N-ethyl adjacent to an activating group) is 2. The molecule has 446 valence electrons. The van der Waals surface area contributed by atoms with Crippen LogP contribution in [0.1, 0.15) is 131 Å². The number of carbonyl (C=O) groups is 8. The molecule has 2 saturated heterocycles. The smallest absolute Gasteiger partial charge is 0.328 e. The Morgan fingerprint density at radius 1 is 0.775 bits per heavy atom. The maximum atomic E-state index is 14.8. The second-order valence-electron chi connectivity index (χ2n) is 23.4. The molecule has 2 aromatic rings. The van der Waals surface area contributed by atoms with Crippen LogP contribution in [0.15, 0.2) is 54.6 Å². The van der Waals surface area contributed by atoms with Crippen molar-refractivity contribution in [3.05, 3.63) is 65.7 Å². The van der Waals surface area contributed by atoms with E-state index in [0.29, 0.717) is 64.6 Å². The second-order valence-corrected chi connectivity index (χ2v) is 23.4. The molecule has 0 spiro atoms. The van der Waals surface area contributed by atoms with Crippen molar-refractivity contribution < 1.29 is 52.6 Å². The molecule has 1 unspecified atom stereocenters. The van der Waals surface area contributed by atoms with Crippen LogP contribution in [-0.4, -0.2) is 171 Å². The van der Waals surface area contributed by atoms with Crippen LogP contribution >= 0.6 is 0 Å². The Hall–Kier alpha value is -5.72. The molecule has 18 heteroatoms. The molecule has 0 aliphatic carbocycles. The summed E-state index contributed by atoms with van der Waals surface area (Å²) in [7, 11) is 9.74. The summed E-state index contributed by atoms with van der Waals surface area (Å²) in [6, 6.07) is 13.9. The Bertz CT molecular complexity index is 2350. The molecule has 10 atom stereocenters. The van der Waals surface area contributed by atoms with Crippen molar-refractivity contribution >= 4 is 53.0 Å². The van der Waals surface area contributed by atoms with Crippen molar-refractivity contribution in [2.24, 2.45) is 35.5 Å². The van der Waals surface area contributed by atoms with E-state index in [1.165, 1.54) is 19.1 Å². The molecule has 2 aliphatic rings. The summed E-state index contributed by atoms with van der Waals surface area (Å²) < 4.78 is 17.1. The van der Waals surface area contributed by atoms with Gasteiger partial charge in [0.05, 0.1) is 49.8 Å². The highest BCUT2D eigenvalue weighted by Gasteiger charge is 2.44. The highest BCUT2D eigenvalue weighted by Crippen LogP contribution is 2.31. The second kappa shape index (κ2) is 32.1. The third-order valence-electron chi connectivity index (χ3n) is 16.8. The minimum Gasteiger partial charge on any atom is -0.467 e. The fraction of sp³-hybridized carbons (Fsp3) is 0.677. The number of imide groups is 1. The molecule has 0 aromatic heterocycles. The van der Waals surface area contributed by atoms with Gasteiger partial charge in [-0.25, -0.2) is 4.79 Å². The largest absolute Gasteiger partial charge is 0.467 e. The predicted molar refractivity (Wildman–Crippen MR) is 310 cm³/mol. The standard InChI is InChI=1S/C62H97N7O11/c1-16-42(8)56(50(78-13)38-53(72)68-34-23-26-49(68)57(79-14)43(9)58(73)63-48(62(77)80-15)36-45-24-19-17-20-25-45)67(12)61(76)54(40(4)5)64-59(74)55(41(6)7)65(10)35-32-44-28-30-46(31-29-44)66(11)51(70)27-21-18-22-33-69-52(71)37-47(39(2)3)60(69)75/h17,19-20,24-25,28-31,39-43,47-50,54-57H,16,18,21-23,26-27,32-38H2,1-15H3,(H,63,73)(H,64,74)/t42-,43+,47?,48-,49-,50+,54-,55-,56-,57+/m0/s1. The molecule has 2 fully saturated rings. The first kappa shape index (κ1) is 66.8. The van der Waals surface area contributed by atoms with E-state index in [9.17, 15) is 38.4 Å².